The second-order valence-electron chi connectivity index (χ2n) is 6.69. The third-order valence-electron chi connectivity index (χ3n) is 4.88. The van der Waals surface area contributed by atoms with Crippen molar-refractivity contribution in [3.05, 3.63) is 71.0 Å². The highest BCUT2D eigenvalue weighted by molar-refractivity contribution is 5.81. The lowest BCUT2D eigenvalue weighted by molar-refractivity contribution is -0.204. The maximum Gasteiger partial charge on any atom is 0.280 e. The molecule has 4 rings (SSSR count). The average molecular weight is 356 g/mol. The van der Waals surface area contributed by atoms with Crippen LogP contribution in [-0.2, 0) is 20.7 Å². The van der Waals surface area contributed by atoms with Crippen LogP contribution in [0.1, 0.15) is 22.7 Å². The van der Waals surface area contributed by atoms with Crippen molar-refractivity contribution >= 4 is 5.91 Å². The summed E-state index contributed by atoms with van der Waals surface area (Å²) in [6.07, 6.45) is -0.186. The van der Waals surface area contributed by atoms with E-state index >= 15 is 0 Å². The summed E-state index contributed by atoms with van der Waals surface area (Å²) in [6, 6.07) is 13.8. The van der Waals surface area contributed by atoms with Crippen LogP contribution in [0.4, 0.5) is 4.39 Å². The molecule has 2 aliphatic rings. The fourth-order valence-corrected chi connectivity index (χ4v) is 3.60. The first-order valence-electron chi connectivity index (χ1n) is 8.76. The van der Waals surface area contributed by atoms with E-state index in [2.05, 4.69) is 6.07 Å². The standard InChI is InChI=1S/C20H21FN2O3/c21-15-7-5-14(6-8-15)18-17-4-2-1-3-13(17)9-10-23(18)19(24)20-25-11-16(22)12-26-20/h1-8,16,18,20H,9-12,22H2/t16-,18-,20+/m0/s1. The Morgan fingerprint density at radius 3 is 2.50 bits per heavy atom. The topological polar surface area (TPSA) is 64.8 Å². The molecule has 0 spiro atoms. The van der Waals surface area contributed by atoms with Crippen molar-refractivity contribution in [1.29, 1.82) is 0 Å². The molecule has 0 aliphatic carbocycles. The summed E-state index contributed by atoms with van der Waals surface area (Å²) < 4.78 is 24.4. The molecule has 2 N–H and O–H groups in total. The predicted molar refractivity (Wildman–Crippen MR) is 93.8 cm³/mol. The van der Waals surface area contributed by atoms with Crippen LogP contribution in [0, 0.1) is 5.82 Å². The van der Waals surface area contributed by atoms with Gasteiger partial charge in [0.2, 0.25) is 6.29 Å². The van der Waals surface area contributed by atoms with Gasteiger partial charge in [-0.05, 0) is 35.2 Å². The van der Waals surface area contributed by atoms with Crippen molar-refractivity contribution in [2.75, 3.05) is 19.8 Å². The van der Waals surface area contributed by atoms with E-state index in [9.17, 15) is 9.18 Å². The molecular weight excluding hydrogens is 335 g/mol. The zero-order valence-electron chi connectivity index (χ0n) is 14.3. The van der Waals surface area contributed by atoms with Crippen molar-refractivity contribution < 1.29 is 18.7 Å². The number of hydrogen-bond acceptors (Lipinski definition) is 4. The number of hydrogen-bond donors (Lipinski definition) is 1. The minimum atomic E-state index is -0.942. The highest BCUT2D eigenvalue weighted by atomic mass is 19.1. The molecule has 0 unspecified atom stereocenters. The molecule has 5 nitrogen and oxygen atoms in total. The lowest BCUT2D eigenvalue weighted by Gasteiger charge is -2.40. The first kappa shape index (κ1) is 17.1. The summed E-state index contributed by atoms with van der Waals surface area (Å²) in [5, 5.41) is 0. The van der Waals surface area contributed by atoms with Gasteiger partial charge in [-0.2, -0.15) is 0 Å². The predicted octanol–water partition coefficient (Wildman–Crippen LogP) is 2.00. The van der Waals surface area contributed by atoms with E-state index in [-0.39, 0.29) is 23.8 Å². The molecule has 2 aliphatic heterocycles. The van der Waals surface area contributed by atoms with Crippen LogP contribution in [-0.4, -0.2) is 42.9 Å². The number of nitrogens with zero attached hydrogens (tertiary/aromatic N) is 1. The molecule has 1 atom stereocenters. The highest BCUT2D eigenvalue weighted by Crippen LogP contribution is 2.36. The Morgan fingerprint density at radius 2 is 1.77 bits per heavy atom. The van der Waals surface area contributed by atoms with Crippen molar-refractivity contribution in [2.24, 2.45) is 5.73 Å². The van der Waals surface area contributed by atoms with Gasteiger partial charge in [0.1, 0.15) is 5.82 Å². The summed E-state index contributed by atoms with van der Waals surface area (Å²) in [6.45, 7) is 1.14. The van der Waals surface area contributed by atoms with Crippen molar-refractivity contribution in [3.8, 4) is 0 Å². The van der Waals surface area contributed by atoms with Gasteiger partial charge in [0.15, 0.2) is 0 Å². The van der Waals surface area contributed by atoms with Crippen LogP contribution in [0.3, 0.4) is 0 Å². The molecule has 26 heavy (non-hydrogen) atoms. The molecule has 0 aromatic heterocycles. The van der Waals surface area contributed by atoms with E-state index in [0.717, 1.165) is 17.5 Å². The molecule has 1 amide bonds. The Morgan fingerprint density at radius 1 is 1.08 bits per heavy atom. The Kier molecular flexibility index (Phi) is 4.72. The zero-order chi connectivity index (χ0) is 18.1. The molecule has 0 radical (unpaired) electrons. The van der Waals surface area contributed by atoms with E-state index in [4.69, 9.17) is 15.2 Å². The number of ether oxygens (including phenoxy) is 2. The van der Waals surface area contributed by atoms with Crippen LogP contribution in [0.2, 0.25) is 0 Å². The molecule has 6 heteroatoms. The van der Waals surface area contributed by atoms with Gasteiger partial charge >= 0.3 is 0 Å². The smallest absolute Gasteiger partial charge is 0.280 e. The van der Waals surface area contributed by atoms with E-state index in [1.165, 1.54) is 17.7 Å². The van der Waals surface area contributed by atoms with Gasteiger partial charge in [0, 0.05) is 6.54 Å². The quantitative estimate of drug-likeness (QED) is 0.894. The number of benzene rings is 2. The van der Waals surface area contributed by atoms with Gasteiger partial charge in [0.25, 0.3) is 5.91 Å². The first-order chi connectivity index (χ1) is 12.6. The maximum absolute atomic E-state index is 13.4. The Bertz CT molecular complexity index is 788. The summed E-state index contributed by atoms with van der Waals surface area (Å²) in [5.74, 6) is -0.524. The summed E-state index contributed by atoms with van der Waals surface area (Å²) in [4.78, 5) is 14.8. The second kappa shape index (κ2) is 7.15. The Hall–Kier alpha value is -2.28. The van der Waals surface area contributed by atoms with Crippen LogP contribution in [0.5, 0.6) is 0 Å². The number of fused-ring (bicyclic) bond motifs is 1. The number of rotatable bonds is 2. The van der Waals surface area contributed by atoms with Gasteiger partial charge in [0.05, 0.1) is 25.3 Å². The van der Waals surface area contributed by atoms with E-state index < -0.39 is 6.29 Å². The normalized spacial score (nSPS) is 25.6. The highest BCUT2D eigenvalue weighted by Gasteiger charge is 2.37. The largest absolute Gasteiger partial charge is 0.343 e. The maximum atomic E-state index is 13.4. The molecule has 1 fully saturated rings. The van der Waals surface area contributed by atoms with E-state index in [1.54, 1.807) is 17.0 Å². The number of nitrogens with two attached hydrogens (primary N) is 1. The summed E-state index contributed by atoms with van der Waals surface area (Å²) in [7, 11) is 0. The molecule has 0 saturated carbocycles. The van der Waals surface area contributed by atoms with Crippen LogP contribution < -0.4 is 5.73 Å². The molecule has 0 bridgehead atoms. The fraction of sp³-hybridized carbons (Fsp3) is 0.350. The van der Waals surface area contributed by atoms with Crippen LogP contribution >= 0.6 is 0 Å². The van der Waals surface area contributed by atoms with Crippen LogP contribution in [0.15, 0.2) is 48.5 Å². The first-order valence-corrected chi connectivity index (χ1v) is 8.76. The molecule has 2 aromatic carbocycles. The lowest BCUT2D eigenvalue weighted by Crippen LogP contribution is -2.51. The fourth-order valence-electron chi connectivity index (χ4n) is 3.60. The minimum absolute atomic E-state index is 0.214. The van der Waals surface area contributed by atoms with Gasteiger partial charge in [-0.1, -0.05) is 36.4 Å². The van der Waals surface area contributed by atoms with Gasteiger partial charge < -0.3 is 20.1 Å². The van der Waals surface area contributed by atoms with Gasteiger partial charge in [-0.3, -0.25) is 4.79 Å². The molecule has 1 saturated heterocycles. The van der Waals surface area contributed by atoms with Gasteiger partial charge in [-0.15, -0.1) is 0 Å². The van der Waals surface area contributed by atoms with Crippen molar-refractivity contribution in [2.45, 2.75) is 24.8 Å². The summed E-state index contributed by atoms with van der Waals surface area (Å²) >= 11 is 0. The average Bonchev–Trinajstić information content (AvgIpc) is 2.68. The summed E-state index contributed by atoms with van der Waals surface area (Å²) in [5.41, 5.74) is 8.86. The van der Waals surface area contributed by atoms with Crippen molar-refractivity contribution in [3.63, 3.8) is 0 Å². The molecule has 136 valence electrons. The SMILES string of the molecule is N[C@H]1CO[C@@H](C(=O)N2CCc3ccccc3[C@@H]2c2ccc(F)cc2)OC1. The third-order valence-corrected chi connectivity index (χ3v) is 4.88. The zero-order valence-corrected chi connectivity index (χ0v) is 14.3. The van der Waals surface area contributed by atoms with Crippen molar-refractivity contribution in [1.82, 2.24) is 4.90 Å². The minimum Gasteiger partial charge on any atom is -0.343 e. The van der Waals surface area contributed by atoms with Crippen LogP contribution in [0.25, 0.3) is 0 Å². The van der Waals surface area contributed by atoms with E-state index in [0.29, 0.717) is 19.8 Å². The number of halogens is 1. The number of carbonyl (C=O) groups excluding carboxylic acids is 1. The second-order valence-corrected chi connectivity index (χ2v) is 6.69. The Labute approximate surface area is 151 Å². The number of amides is 1. The Balaban J connectivity index is 1.68. The number of carbonyl (C=O) groups is 1. The monoisotopic (exact) mass is 356 g/mol. The molecular formula is C20H21FN2O3. The lowest BCUT2D eigenvalue weighted by atomic mass is 9.88. The molecule has 2 aromatic rings. The molecule has 2 heterocycles. The van der Waals surface area contributed by atoms with Gasteiger partial charge in [-0.25, -0.2) is 4.39 Å². The van der Waals surface area contributed by atoms with E-state index in [1.807, 2.05) is 18.2 Å². The third kappa shape index (κ3) is 3.23.